The van der Waals surface area contributed by atoms with Crippen molar-refractivity contribution in [3.05, 3.63) is 83.9 Å². The largest absolute Gasteiger partial charge is 0.497 e. The van der Waals surface area contributed by atoms with Crippen LogP contribution in [0, 0.1) is 6.92 Å². The second-order valence-corrected chi connectivity index (χ2v) is 11.1. The molecule has 0 aliphatic carbocycles. The Morgan fingerprint density at radius 1 is 0.925 bits per heavy atom. The maximum Gasteiger partial charge on any atom is 0.264 e. The van der Waals surface area contributed by atoms with Crippen molar-refractivity contribution in [2.45, 2.75) is 44.7 Å². The number of carbonyl (C=O) groups excluding carboxylic acids is 2. The van der Waals surface area contributed by atoms with E-state index in [1.54, 1.807) is 43.3 Å². The molecular weight excluding hydrogens is 530 g/mol. The van der Waals surface area contributed by atoms with Crippen molar-refractivity contribution in [1.82, 2.24) is 10.2 Å². The Morgan fingerprint density at radius 2 is 1.57 bits per heavy atom. The van der Waals surface area contributed by atoms with E-state index in [9.17, 15) is 18.0 Å². The molecule has 0 bridgehead atoms. The number of anilines is 1. The summed E-state index contributed by atoms with van der Waals surface area (Å²) in [4.78, 5) is 28.4. The summed E-state index contributed by atoms with van der Waals surface area (Å²) in [7, 11) is -1.31. The number of nitrogens with zero attached hydrogens (tertiary/aromatic N) is 2. The molecular formula is C30H37N3O6S. The van der Waals surface area contributed by atoms with Crippen molar-refractivity contribution in [1.29, 1.82) is 0 Å². The van der Waals surface area contributed by atoms with Crippen molar-refractivity contribution in [2.75, 3.05) is 31.6 Å². The smallest absolute Gasteiger partial charge is 0.264 e. The predicted molar refractivity (Wildman–Crippen MR) is 155 cm³/mol. The number of rotatable bonds is 13. The second-order valence-electron chi connectivity index (χ2n) is 9.27. The lowest BCUT2D eigenvalue weighted by atomic mass is 10.1. The van der Waals surface area contributed by atoms with Gasteiger partial charge in [-0.05, 0) is 67.8 Å². The average Bonchev–Trinajstić information content (AvgIpc) is 2.97. The molecule has 0 spiro atoms. The summed E-state index contributed by atoms with van der Waals surface area (Å²) in [6.07, 6.45) is 0.742. The fourth-order valence-electron chi connectivity index (χ4n) is 4.17. The van der Waals surface area contributed by atoms with E-state index >= 15 is 0 Å². The number of methoxy groups -OCH3 is 2. The van der Waals surface area contributed by atoms with Crippen LogP contribution < -0.4 is 19.1 Å². The van der Waals surface area contributed by atoms with Crippen molar-refractivity contribution < 1.29 is 27.5 Å². The first-order valence-electron chi connectivity index (χ1n) is 13.1. The van der Waals surface area contributed by atoms with Gasteiger partial charge >= 0.3 is 0 Å². The third kappa shape index (κ3) is 7.12. The number of ether oxygens (including phenoxy) is 2. The fourth-order valence-corrected chi connectivity index (χ4v) is 5.60. The van der Waals surface area contributed by atoms with Crippen LogP contribution in [-0.2, 0) is 26.2 Å². The number of amides is 2. The zero-order valence-electron chi connectivity index (χ0n) is 23.6. The van der Waals surface area contributed by atoms with Gasteiger partial charge in [0.2, 0.25) is 11.8 Å². The SMILES string of the molecule is CCCNC(=O)[C@@H](C)N(Cc1ccccc1C)C(=O)CN(c1ccccc1OC)S(=O)(=O)c1ccc(OC)cc1. The first-order valence-corrected chi connectivity index (χ1v) is 14.5. The molecule has 0 radical (unpaired) electrons. The van der Waals surface area contributed by atoms with Crippen LogP contribution in [0.4, 0.5) is 5.69 Å². The van der Waals surface area contributed by atoms with Crippen LogP contribution in [0.5, 0.6) is 11.5 Å². The van der Waals surface area contributed by atoms with Gasteiger partial charge in [0.25, 0.3) is 10.0 Å². The molecule has 10 heteroatoms. The van der Waals surface area contributed by atoms with Crippen molar-refractivity contribution in [2.24, 2.45) is 0 Å². The first-order chi connectivity index (χ1) is 19.1. The van der Waals surface area contributed by atoms with Gasteiger partial charge in [0.05, 0.1) is 24.8 Å². The van der Waals surface area contributed by atoms with E-state index in [1.165, 1.54) is 31.3 Å². The first kappa shape index (κ1) is 30.5. The Kier molecular flexibility index (Phi) is 10.6. The molecule has 2 amide bonds. The van der Waals surface area contributed by atoms with Gasteiger partial charge in [0.15, 0.2) is 0 Å². The van der Waals surface area contributed by atoms with Gasteiger partial charge in [0.1, 0.15) is 24.1 Å². The summed E-state index contributed by atoms with van der Waals surface area (Å²) in [6, 6.07) is 19.3. The molecule has 0 aromatic heterocycles. The van der Waals surface area contributed by atoms with Crippen molar-refractivity contribution in [3.63, 3.8) is 0 Å². The number of para-hydroxylation sites is 2. The molecule has 0 fully saturated rings. The van der Waals surface area contributed by atoms with E-state index in [-0.39, 0.29) is 28.8 Å². The molecule has 40 heavy (non-hydrogen) atoms. The van der Waals surface area contributed by atoms with Crippen molar-refractivity contribution >= 4 is 27.5 Å². The molecule has 0 aliphatic rings. The summed E-state index contributed by atoms with van der Waals surface area (Å²) >= 11 is 0. The third-order valence-corrected chi connectivity index (χ3v) is 8.37. The Balaban J connectivity index is 2.07. The van der Waals surface area contributed by atoms with Gasteiger partial charge in [-0.3, -0.25) is 13.9 Å². The molecule has 0 saturated carbocycles. The van der Waals surface area contributed by atoms with Crippen LogP contribution in [0.15, 0.2) is 77.7 Å². The lowest BCUT2D eigenvalue weighted by molar-refractivity contribution is -0.139. The number of hydrogen-bond donors (Lipinski definition) is 1. The average molecular weight is 568 g/mol. The quantitative estimate of drug-likeness (QED) is 0.333. The van der Waals surface area contributed by atoms with Gasteiger partial charge in [-0.1, -0.05) is 43.3 Å². The highest BCUT2D eigenvalue weighted by molar-refractivity contribution is 7.92. The van der Waals surface area contributed by atoms with Crippen LogP contribution in [0.1, 0.15) is 31.4 Å². The van der Waals surface area contributed by atoms with Crippen LogP contribution in [0.25, 0.3) is 0 Å². The lowest BCUT2D eigenvalue weighted by Crippen LogP contribution is -2.51. The summed E-state index contributed by atoms with van der Waals surface area (Å²) in [5, 5.41) is 2.84. The molecule has 3 rings (SSSR count). The van der Waals surface area contributed by atoms with Gasteiger partial charge < -0.3 is 19.7 Å². The highest BCUT2D eigenvalue weighted by atomic mass is 32.2. The van der Waals surface area contributed by atoms with Gasteiger partial charge in [-0.25, -0.2) is 8.42 Å². The number of nitrogens with one attached hydrogen (secondary N) is 1. The normalized spacial score (nSPS) is 11.8. The highest BCUT2D eigenvalue weighted by Gasteiger charge is 2.33. The molecule has 3 aromatic rings. The van der Waals surface area contributed by atoms with E-state index in [4.69, 9.17) is 9.47 Å². The lowest BCUT2D eigenvalue weighted by Gasteiger charge is -2.32. The van der Waals surface area contributed by atoms with E-state index < -0.39 is 28.5 Å². The maximum atomic E-state index is 14.0. The molecule has 0 heterocycles. The molecule has 0 aliphatic heterocycles. The van der Waals surface area contributed by atoms with Crippen LogP contribution in [-0.4, -0.2) is 58.5 Å². The monoisotopic (exact) mass is 567 g/mol. The second kappa shape index (κ2) is 13.8. The summed E-state index contributed by atoms with van der Waals surface area (Å²) in [5.74, 6) is -0.0715. The summed E-state index contributed by atoms with van der Waals surface area (Å²) in [5.41, 5.74) is 2.01. The number of carbonyl (C=O) groups is 2. The topological polar surface area (TPSA) is 105 Å². The Hall–Kier alpha value is -4.05. The Labute approximate surface area is 236 Å². The van der Waals surface area contributed by atoms with E-state index in [2.05, 4.69) is 5.32 Å². The van der Waals surface area contributed by atoms with Gasteiger partial charge in [-0.15, -0.1) is 0 Å². The zero-order valence-corrected chi connectivity index (χ0v) is 24.4. The maximum absolute atomic E-state index is 14.0. The van der Waals surface area contributed by atoms with E-state index in [0.717, 1.165) is 21.9 Å². The van der Waals surface area contributed by atoms with Crippen molar-refractivity contribution in [3.8, 4) is 11.5 Å². The van der Waals surface area contributed by atoms with Gasteiger partial charge in [-0.2, -0.15) is 0 Å². The number of sulfonamides is 1. The van der Waals surface area contributed by atoms with E-state index in [0.29, 0.717) is 12.3 Å². The minimum atomic E-state index is -4.23. The van der Waals surface area contributed by atoms with Gasteiger partial charge in [0, 0.05) is 13.1 Å². The predicted octanol–water partition coefficient (Wildman–Crippen LogP) is 4.15. The Morgan fingerprint density at radius 3 is 2.20 bits per heavy atom. The minimum Gasteiger partial charge on any atom is -0.497 e. The summed E-state index contributed by atoms with van der Waals surface area (Å²) in [6.45, 7) is 5.56. The molecule has 9 nitrogen and oxygen atoms in total. The molecule has 1 atom stereocenters. The standard InChI is InChI=1S/C30H37N3O6S/c1-6-19-31-30(35)23(3)32(20-24-12-8-7-11-22(24)2)29(34)21-33(27-13-9-10-14-28(27)39-5)40(36,37)26-17-15-25(38-4)16-18-26/h7-18,23H,6,19-21H2,1-5H3,(H,31,35)/t23-/m1/s1. The fraction of sp³-hybridized carbons (Fsp3) is 0.333. The number of aryl methyl sites for hydroxylation is 1. The van der Waals surface area contributed by atoms with E-state index in [1.807, 2.05) is 38.1 Å². The third-order valence-electron chi connectivity index (χ3n) is 6.60. The zero-order chi connectivity index (χ0) is 29.3. The molecule has 0 saturated heterocycles. The molecule has 1 N–H and O–H groups in total. The van der Waals surface area contributed by atoms with Crippen LogP contribution in [0.2, 0.25) is 0 Å². The van der Waals surface area contributed by atoms with Crippen LogP contribution in [0.3, 0.4) is 0 Å². The molecule has 0 unspecified atom stereocenters. The number of hydrogen-bond acceptors (Lipinski definition) is 6. The summed E-state index contributed by atoms with van der Waals surface area (Å²) < 4.78 is 39.7. The minimum absolute atomic E-state index is 0.0220. The molecule has 214 valence electrons. The Bertz CT molecular complexity index is 1410. The highest BCUT2D eigenvalue weighted by Crippen LogP contribution is 2.33. The van der Waals surface area contributed by atoms with Crippen LogP contribution >= 0.6 is 0 Å². The number of benzene rings is 3. The molecule has 3 aromatic carbocycles.